The normalized spacial score (nSPS) is 20.8. The Morgan fingerprint density at radius 2 is 1.16 bits per heavy atom. The molecule has 1 heterocycles. The summed E-state index contributed by atoms with van der Waals surface area (Å²) in [4.78, 5) is 25.9. The van der Waals surface area contributed by atoms with Crippen LogP contribution in [0.5, 0.6) is 0 Å². The van der Waals surface area contributed by atoms with Gasteiger partial charge in [0.05, 0.1) is 18.6 Å². The molecule has 0 bridgehead atoms. The number of ether oxygens (including phenoxy) is 3. The topological polar surface area (TPSA) is 61.8 Å². The Hall–Kier alpha value is -5.00. The second-order valence-corrected chi connectivity index (χ2v) is 11.8. The quantitative estimate of drug-likeness (QED) is 0.129. The number of carbonyl (C=O) groups excluding carboxylic acids is 2. The third-order valence-electron chi connectivity index (χ3n) is 9.17. The third kappa shape index (κ3) is 5.67. The molecule has 0 amide bonds. The summed E-state index contributed by atoms with van der Waals surface area (Å²) in [5.74, 6) is -0.937. The molecule has 45 heavy (non-hydrogen) atoms. The monoisotopic (exact) mass is 594 g/mol. The van der Waals surface area contributed by atoms with Crippen LogP contribution in [-0.4, -0.2) is 30.8 Å². The fourth-order valence-electron chi connectivity index (χ4n) is 6.95. The number of benzene rings is 5. The summed E-state index contributed by atoms with van der Waals surface area (Å²) in [7, 11) is 0. The number of esters is 2. The lowest BCUT2D eigenvalue weighted by molar-refractivity contribution is -0.141. The molecule has 224 valence electrons. The van der Waals surface area contributed by atoms with Crippen LogP contribution < -0.4 is 0 Å². The van der Waals surface area contributed by atoms with Crippen LogP contribution in [0.1, 0.15) is 39.9 Å². The van der Waals surface area contributed by atoms with Crippen LogP contribution in [-0.2, 0) is 24.6 Å². The molecule has 0 spiro atoms. The van der Waals surface area contributed by atoms with E-state index in [1.54, 1.807) is 12.1 Å². The van der Waals surface area contributed by atoms with E-state index in [2.05, 4.69) is 36.4 Å². The van der Waals surface area contributed by atoms with Crippen LogP contribution in [0.25, 0.3) is 11.1 Å². The molecule has 0 N–H and O–H groups in total. The zero-order valence-corrected chi connectivity index (χ0v) is 24.8. The predicted octanol–water partition coefficient (Wildman–Crippen LogP) is 7.84. The van der Waals surface area contributed by atoms with Crippen molar-refractivity contribution in [3.63, 3.8) is 0 Å². The van der Waals surface area contributed by atoms with Crippen LogP contribution in [0.4, 0.5) is 0 Å². The summed E-state index contributed by atoms with van der Waals surface area (Å²) in [6.07, 6.45) is -0.0285. The Kier molecular flexibility index (Phi) is 8.02. The van der Waals surface area contributed by atoms with E-state index in [0.717, 1.165) is 27.8 Å². The van der Waals surface area contributed by atoms with Gasteiger partial charge in [-0.3, -0.25) is 4.79 Å². The smallest absolute Gasteiger partial charge is 0.338 e. The maximum atomic E-state index is 13.5. The van der Waals surface area contributed by atoms with E-state index in [1.807, 2.05) is 97.1 Å². The van der Waals surface area contributed by atoms with Gasteiger partial charge in [-0.15, -0.1) is 0 Å². The molecule has 1 aliphatic carbocycles. The number of carbonyl (C=O) groups is 2. The van der Waals surface area contributed by atoms with Crippen molar-refractivity contribution in [2.75, 3.05) is 6.61 Å². The minimum atomic E-state index is -0.923. The summed E-state index contributed by atoms with van der Waals surface area (Å²) in [5.41, 5.74) is 4.63. The first kappa shape index (κ1) is 28.8. The molecule has 1 saturated carbocycles. The fourth-order valence-corrected chi connectivity index (χ4v) is 6.95. The summed E-state index contributed by atoms with van der Waals surface area (Å²) in [6.45, 7) is 0.265. The molecule has 1 aliphatic heterocycles. The van der Waals surface area contributed by atoms with Gasteiger partial charge in [-0.05, 0) is 39.9 Å². The van der Waals surface area contributed by atoms with E-state index in [0.29, 0.717) is 12.0 Å². The molecular weight excluding hydrogens is 560 g/mol. The number of rotatable bonds is 9. The van der Waals surface area contributed by atoms with Gasteiger partial charge in [0.1, 0.15) is 17.8 Å². The molecule has 1 saturated heterocycles. The molecule has 5 aromatic carbocycles. The molecule has 2 fully saturated rings. The first-order chi connectivity index (χ1) is 22.1. The molecule has 7 rings (SSSR count). The van der Waals surface area contributed by atoms with E-state index in [4.69, 9.17) is 14.2 Å². The molecule has 0 radical (unpaired) electrons. The summed E-state index contributed by atoms with van der Waals surface area (Å²) < 4.78 is 19.0. The second-order valence-electron chi connectivity index (χ2n) is 11.8. The molecule has 0 aromatic heterocycles. The van der Waals surface area contributed by atoms with E-state index in [1.165, 1.54) is 0 Å². The van der Waals surface area contributed by atoms with E-state index < -0.39 is 17.7 Å². The highest BCUT2D eigenvalue weighted by Gasteiger charge is 2.53. The fraction of sp³-hybridized carbons (Fsp3) is 0.200. The number of fused-ring (bicyclic) bond motifs is 1. The summed E-state index contributed by atoms with van der Waals surface area (Å²) >= 11 is 0. The summed E-state index contributed by atoms with van der Waals surface area (Å²) in [6, 6.07) is 48.1. The van der Waals surface area contributed by atoms with Gasteiger partial charge in [-0.25, -0.2) is 4.79 Å². The van der Waals surface area contributed by atoms with Crippen molar-refractivity contribution in [3.8, 4) is 11.1 Å². The zero-order valence-electron chi connectivity index (χ0n) is 24.8. The molecule has 2 aliphatic rings. The molecule has 5 nitrogen and oxygen atoms in total. The minimum absolute atomic E-state index is 0.101. The zero-order chi connectivity index (χ0) is 30.6. The minimum Gasteiger partial charge on any atom is -0.462 e. The maximum absolute atomic E-state index is 13.5. The van der Waals surface area contributed by atoms with Crippen LogP contribution in [0.2, 0.25) is 0 Å². The molecule has 5 aromatic rings. The number of hydrogen-bond acceptors (Lipinski definition) is 5. The maximum Gasteiger partial charge on any atom is 0.338 e. The van der Waals surface area contributed by atoms with E-state index in [9.17, 15) is 9.59 Å². The van der Waals surface area contributed by atoms with Gasteiger partial charge in [0.25, 0.3) is 0 Å². The Balaban J connectivity index is 1.19. The average molecular weight is 595 g/mol. The molecule has 5 heteroatoms. The van der Waals surface area contributed by atoms with Crippen molar-refractivity contribution < 1.29 is 23.8 Å². The van der Waals surface area contributed by atoms with Crippen LogP contribution in [0, 0.1) is 11.8 Å². The van der Waals surface area contributed by atoms with Crippen molar-refractivity contribution >= 4 is 11.9 Å². The van der Waals surface area contributed by atoms with Crippen molar-refractivity contribution in [1.82, 2.24) is 0 Å². The van der Waals surface area contributed by atoms with Crippen LogP contribution >= 0.6 is 0 Å². The standard InChI is InChI=1S/C40H34O5/c41-38-25-34-35(37(26-36(34)44-38)45-39(42)30-23-21-29(22-24-30)28-13-5-1-6-14-28)27-43-40(31-15-7-2-8-16-31,32-17-9-3-10-18-32)33-19-11-4-12-20-33/h1-24,34-37H,25-27H2/t34-,35-,36+,37-/m1/s1. The Morgan fingerprint density at radius 1 is 0.667 bits per heavy atom. The van der Waals surface area contributed by atoms with Crippen molar-refractivity contribution in [3.05, 3.63) is 168 Å². The highest BCUT2D eigenvalue weighted by Crippen LogP contribution is 2.46. The lowest BCUT2D eigenvalue weighted by Crippen LogP contribution is -2.38. The molecule has 0 unspecified atom stereocenters. The Labute approximate surface area is 263 Å². The third-order valence-corrected chi connectivity index (χ3v) is 9.17. The first-order valence-corrected chi connectivity index (χ1v) is 15.5. The van der Waals surface area contributed by atoms with E-state index in [-0.39, 0.29) is 36.9 Å². The van der Waals surface area contributed by atoms with Gasteiger partial charge in [-0.1, -0.05) is 133 Å². The van der Waals surface area contributed by atoms with Crippen molar-refractivity contribution in [1.29, 1.82) is 0 Å². The van der Waals surface area contributed by atoms with Gasteiger partial charge in [-0.2, -0.15) is 0 Å². The van der Waals surface area contributed by atoms with Crippen molar-refractivity contribution in [2.24, 2.45) is 11.8 Å². The van der Waals surface area contributed by atoms with Gasteiger partial charge >= 0.3 is 11.9 Å². The Morgan fingerprint density at radius 3 is 1.69 bits per heavy atom. The predicted molar refractivity (Wildman–Crippen MR) is 172 cm³/mol. The van der Waals surface area contributed by atoms with Gasteiger partial charge in [0, 0.05) is 18.3 Å². The molecule has 4 atom stereocenters. The number of hydrogen-bond donors (Lipinski definition) is 0. The second kappa shape index (κ2) is 12.5. The summed E-state index contributed by atoms with van der Waals surface area (Å²) in [5, 5.41) is 0. The Bertz CT molecular complexity index is 1640. The highest BCUT2D eigenvalue weighted by atomic mass is 16.6. The molecular formula is C40H34O5. The SMILES string of the molecule is O=C1C[C@@H]2[C@@H](COC(c3ccccc3)(c3ccccc3)c3ccccc3)[C@H](OC(=O)c3ccc(-c4ccccc4)cc3)C[C@@H]2O1. The first-order valence-electron chi connectivity index (χ1n) is 15.5. The van der Waals surface area contributed by atoms with Gasteiger partial charge in [0.2, 0.25) is 0 Å². The van der Waals surface area contributed by atoms with Gasteiger partial charge in [0.15, 0.2) is 0 Å². The van der Waals surface area contributed by atoms with Gasteiger partial charge < -0.3 is 14.2 Å². The lowest BCUT2D eigenvalue weighted by atomic mass is 9.79. The lowest BCUT2D eigenvalue weighted by Gasteiger charge is -2.38. The van der Waals surface area contributed by atoms with Crippen molar-refractivity contribution in [2.45, 2.75) is 30.7 Å². The largest absolute Gasteiger partial charge is 0.462 e. The average Bonchev–Trinajstić information content (AvgIpc) is 3.62. The van der Waals surface area contributed by atoms with Crippen LogP contribution in [0.3, 0.4) is 0 Å². The van der Waals surface area contributed by atoms with Crippen LogP contribution in [0.15, 0.2) is 146 Å². The van der Waals surface area contributed by atoms with E-state index >= 15 is 0 Å². The highest BCUT2D eigenvalue weighted by molar-refractivity contribution is 5.90.